The summed E-state index contributed by atoms with van der Waals surface area (Å²) in [7, 11) is 0. The maximum atomic E-state index is 12.6. The van der Waals surface area contributed by atoms with Crippen LogP contribution in [0.15, 0.2) is 54.6 Å². The van der Waals surface area contributed by atoms with E-state index in [4.69, 9.17) is 0 Å². The summed E-state index contributed by atoms with van der Waals surface area (Å²) in [4.78, 5) is 26.6. The number of nitrogens with one attached hydrogen (secondary N) is 1. The summed E-state index contributed by atoms with van der Waals surface area (Å²) in [5.74, 6) is -1.53. The van der Waals surface area contributed by atoms with Gasteiger partial charge in [-0.05, 0) is 50.4 Å². The Morgan fingerprint density at radius 1 is 1.07 bits per heavy atom. The molecule has 2 aromatic rings. The van der Waals surface area contributed by atoms with Gasteiger partial charge in [-0.15, -0.1) is 0 Å². The average molecular weight is 395 g/mol. The van der Waals surface area contributed by atoms with Crippen LogP contribution in [-0.2, 0) is 22.6 Å². The van der Waals surface area contributed by atoms with Crippen LogP contribution in [0.25, 0.3) is 0 Å². The lowest BCUT2D eigenvalue weighted by Gasteiger charge is -2.31. The number of hydrogen-bond acceptors (Lipinski definition) is 3. The monoisotopic (exact) mass is 394 g/mol. The molecular weight excluding hydrogens is 364 g/mol. The number of rotatable bonds is 8. The molecule has 1 saturated heterocycles. The minimum atomic E-state index is -0.871. The second-order valence-corrected chi connectivity index (χ2v) is 8.01. The zero-order valence-electron chi connectivity index (χ0n) is 17.0. The number of amides is 1. The molecule has 2 N–H and O–H groups in total. The average Bonchev–Trinajstić information content (AvgIpc) is 2.72. The molecule has 5 nitrogen and oxygen atoms in total. The first-order valence-corrected chi connectivity index (χ1v) is 10.3. The van der Waals surface area contributed by atoms with E-state index < -0.39 is 11.9 Å². The van der Waals surface area contributed by atoms with Crippen molar-refractivity contribution in [1.82, 2.24) is 10.2 Å². The van der Waals surface area contributed by atoms with Crippen molar-refractivity contribution in [3.8, 4) is 0 Å². The Hall–Kier alpha value is -2.66. The fraction of sp³-hybridized carbons (Fsp3) is 0.417. The predicted octanol–water partition coefficient (Wildman–Crippen LogP) is 3.27. The highest BCUT2D eigenvalue weighted by Crippen LogP contribution is 2.19. The first kappa shape index (κ1) is 21.1. The third kappa shape index (κ3) is 6.43. The molecular formula is C24H30N2O3. The molecule has 5 heteroatoms. The predicted molar refractivity (Wildman–Crippen MR) is 113 cm³/mol. The van der Waals surface area contributed by atoms with E-state index in [9.17, 15) is 14.7 Å². The molecule has 0 aliphatic carbocycles. The van der Waals surface area contributed by atoms with Gasteiger partial charge < -0.3 is 10.4 Å². The molecule has 29 heavy (non-hydrogen) atoms. The minimum absolute atomic E-state index is 0.0140. The molecule has 1 fully saturated rings. The molecule has 0 bridgehead atoms. The van der Waals surface area contributed by atoms with E-state index in [1.165, 1.54) is 5.56 Å². The molecule has 1 atom stereocenters. The van der Waals surface area contributed by atoms with Crippen LogP contribution in [0.5, 0.6) is 0 Å². The SMILES string of the molecule is Cc1cccc(CC(CNC(=O)C2CCN(Cc3ccccc3)CC2)C(=O)O)c1. The van der Waals surface area contributed by atoms with Gasteiger partial charge in [0.1, 0.15) is 0 Å². The van der Waals surface area contributed by atoms with Crippen LogP contribution in [0.4, 0.5) is 0 Å². The summed E-state index contributed by atoms with van der Waals surface area (Å²) < 4.78 is 0. The third-order valence-electron chi connectivity index (χ3n) is 5.64. The Balaban J connectivity index is 1.45. The first-order valence-electron chi connectivity index (χ1n) is 10.3. The van der Waals surface area contributed by atoms with Gasteiger partial charge in [0.25, 0.3) is 0 Å². The molecule has 1 unspecified atom stereocenters. The highest BCUT2D eigenvalue weighted by atomic mass is 16.4. The second-order valence-electron chi connectivity index (χ2n) is 8.01. The van der Waals surface area contributed by atoms with E-state index in [2.05, 4.69) is 22.3 Å². The number of aliphatic carboxylic acids is 1. The third-order valence-corrected chi connectivity index (χ3v) is 5.64. The van der Waals surface area contributed by atoms with Crippen LogP contribution in [0.3, 0.4) is 0 Å². The van der Waals surface area contributed by atoms with Crippen LogP contribution < -0.4 is 5.32 Å². The zero-order chi connectivity index (χ0) is 20.6. The van der Waals surface area contributed by atoms with E-state index in [0.717, 1.165) is 43.6 Å². The number of aryl methyl sites for hydroxylation is 1. The van der Waals surface area contributed by atoms with E-state index >= 15 is 0 Å². The lowest BCUT2D eigenvalue weighted by molar-refractivity contribution is -0.141. The van der Waals surface area contributed by atoms with Gasteiger partial charge in [-0.1, -0.05) is 60.2 Å². The maximum absolute atomic E-state index is 12.6. The van der Waals surface area contributed by atoms with Gasteiger partial charge >= 0.3 is 5.97 Å². The number of hydrogen-bond donors (Lipinski definition) is 2. The number of carbonyl (C=O) groups excluding carboxylic acids is 1. The largest absolute Gasteiger partial charge is 0.481 e. The summed E-state index contributed by atoms with van der Waals surface area (Å²) in [6, 6.07) is 18.2. The number of benzene rings is 2. The smallest absolute Gasteiger partial charge is 0.308 e. The number of likely N-dealkylation sites (tertiary alicyclic amines) is 1. The van der Waals surface area contributed by atoms with E-state index in [1.54, 1.807) is 0 Å². The Morgan fingerprint density at radius 3 is 2.41 bits per heavy atom. The van der Waals surface area contributed by atoms with Crippen molar-refractivity contribution in [2.45, 2.75) is 32.7 Å². The molecule has 0 spiro atoms. The van der Waals surface area contributed by atoms with E-state index in [0.29, 0.717) is 6.42 Å². The summed E-state index contributed by atoms with van der Waals surface area (Å²) in [6.07, 6.45) is 2.05. The van der Waals surface area contributed by atoms with Gasteiger partial charge in [0, 0.05) is 19.0 Å². The Bertz CT molecular complexity index is 814. The second kappa shape index (κ2) is 10.2. The molecule has 154 valence electrons. The van der Waals surface area contributed by atoms with Gasteiger partial charge in [0.15, 0.2) is 0 Å². The summed E-state index contributed by atoms with van der Waals surface area (Å²) in [5.41, 5.74) is 3.38. The molecule has 1 amide bonds. The maximum Gasteiger partial charge on any atom is 0.308 e. The Morgan fingerprint density at radius 2 is 1.76 bits per heavy atom. The van der Waals surface area contributed by atoms with Crippen LogP contribution in [0.2, 0.25) is 0 Å². The van der Waals surface area contributed by atoms with Gasteiger partial charge in [-0.2, -0.15) is 0 Å². The molecule has 1 heterocycles. The molecule has 0 saturated carbocycles. The molecule has 1 aliphatic rings. The summed E-state index contributed by atoms with van der Waals surface area (Å²) >= 11 is 0. The van der Waals surface area contributed by atoms with Gasteiger partial charge in [-0.3, -0.25) is 14.5 Å². The standard InChI is InChI=1S/C24H30N2O3/c1-18-6-5-9-20(14-18)15-22(24(28)29)16-25-23(27)21-10-12-26(13-11-21)17-19-7-3-2-4-8-19/h2-9,14,21-22H,10-13,15-17H2,1H3,(H,25,27)(H,28,29). The Kier molecular flexibility index (Phi) is 7.42. The number of carboxylic acid groups (broad SMARTS) is 1. The summed E-state index contributed by atoms with van der Waals surface area (Å²) in [6.45, 7) is 4.85. The highest BCUT2D eigenvalue weighted by Gasteiger charge is 2.26. The summed E-state index contributed by atoms with van der Waals surface area (Å²) in [5, 5.41) is 12.4. The molecule has 0 radical (unpaired) electrons. The number of piperidine rings is 1. The quantitative estimate of drug-likeness (QED) is 0.721. The fourth-order valence-corrected chi connectivity index (χ4v) is 3.93. The van der Waals surface area contributed by atoms with Crippen molar-refractivity contribution in [3.05, 3.63) is 71.3 Å². The van der Waals surface area contributed by atoms with Crippen LogP contribution >= 0.6 is 0 Å². The molecule has 3 rings (SSSR count). The highest BCUT2D eigenvalue weighted by molar-refractivity contribution is 5.79. The van der Waals surface area contributed by atoms with Crippen molar-refractivity contribution < 1.29 is 14.7 Å². The van der Waals surface area contributed by atoms with Gasteiger partial charge in [0.2, 0.25) is 5.91 Å². The van der Waals surface area contributed by atoms with Gasteiger partial charge in [0.05, 0.1) is 5.92 Å². The topological polar surface area (TPSA) is 69.6 Å². The lowest BCUT2D eigenvalue weighted by atomic mass is 9.94. The van der Waals surface area contributed by atoms with Crippen molar-refractivity contribution >= 4 is 11.9 Å². The van der Waals surface area contributed by atoms with Crippen LogP contribution in [0, 0.1) is 18.8 Å². The first-order chi connectivity index (χ1) is 14.0. The fourth-order valence-electron chi connectivity index (χ4n) is 3.93. The molecule has 1 aliphatic heterocycles. The normalized spacial score (nSPS) is 16.3. The number of carboxylic acids is 1. The van der Waals surface area contributed by atoms with Crippen molar-refractivity contribution in [3.63, 3.8) is 0 Å². The number of carbonyl (C=O) groups is 2. The van der Waals surface area contributed by atoms with E-state index in [-0.39, 0.29) is 18.4 Å². The van der Waals surface area contributed by atoms with Crippen LogP contribution in [-0.4, -0.2) is 41.5 Å². The van der Waals surface area contributed by atoms with Crippen molar-refractivity contribution in [1.29, 1.82) is 0 Å². The van der Waals surface area contributed by atoms with E-state index in [1.807, 2.05) is 49.4 Å². The lowest BCUT2D eigenvalue weighted by Crippen LogP contribution is -2.42. The number of nitrogens with zero attached hydrogens (tertiary/aromatic N) is 1. The Labute approximate surface area is 172 Å². The van der Waals surface area contributed by atoms with Crippen molar-refractivity contribution in [2.24, 2.45) is 11.8 Å². The molecule has 0 aromatic heterocycles. The van der Waals surface area contributed by atoms with Gasteiger partial charge in [-0.25, -0.2) is 0 Å². The molecule has 2 aromatic carbocycles. The zero-order valence-corrected chi connectivity index (χ0v) is 17.0. The van der Waals surface area contributed by atoms with Crippen molar-refractivity contribution in [2.75, 3.05) is 19.6 Å². The minimum Gasteiger partial charge on any atom is -0.481 e. The van der Waals surface area contributed by atoms with Crippen LogP contribution in [0.1, 0.15) is 29.5 Å².